The van der Waals surface area contributed by atoms with Crippen LogP contribution in [0.5, 0.6) is 0 Å². The van der Waals surface area contributed by atoms with Crippen LogP contribution in [0.1, 0.15) is 21.1 Å². The molecular weight excluding hydrogens is 300 g/mol. The van der Waals surface area contributed by atoms with Gasteiger partial charge in [0.1, 0.15) is 0 Å². The van der Waals surface area contributed by atoms with Gasteiger partial charge in [-0.3, -0.25) is 4.79 Å². The van der Waals surface area contributed by atoms with Crippen LogP contribution in [0.3, 0.4) is 0 Å². The number of hydrogen-bond donors (Lipinski definition) is 2. The Balaban J connectivity index is 2.13. The van der Waals surface area contributed by atoms with Gasteiger partial charge in [0.2, 0.25) is 5.91 Å². The first kappa shape index (κ1) is 14.5. The summed E-state index contributed by atoms with van der Waals surface area (Å²) in [6.45, 7) is 1.85. The zero-order chi connectivity index (χ0) is 14.7. The van der Waals surface area contributed by atoms with Gasteiger partial charge in [0.05, 0.1) is 28.4 Å². The largest absolute Gasteiger partial charge is 0.478 e. The third-order valence-corrected chi connectivity index (χ3v) is 3.55. The molecule has 0 aliphatic rings. The number of carboxylic acids is 1. The van der Waals surface area contributed by atoms with Crippen molar-refractivity contribution in [2.45, 2.75) is 13.3 Å². The molecule has 2 N–H and O–H groups in total. The minimum absolute atomic E-state index is 0.0414. The average Bonchev–Trinajstić information content (AvgIpc) is 2.76. The third-order valence-electron chi connectivity index (χ3n) is 2.49. The van der Waals surface area contributed by atoms with Crippen molar-refractivity contribution in [2.75, 3.05) is 5.32 Å². The second kappa shape index (κ2) is 6.02. The quantitative estimate of drug-likeness (QED) is 0.910. The molecule has 2 rings (SSSR count). The maximum absolute atomic E-state index is 11.9. The lowest BCUT2D eigenvalue weighted by molar-refractivity contribution is -0.115. The summed E-state index contributed by atoms with van der Waals surface area (Å²) in [6, 6.07) is 4.29. The number of halogens is 1. The van der Waals surface area contributed by atoms with Gasteiger partial charge in [-0.2, -0.15) is 0 Å². The molecule has 2 aromatic rings. The molecule has 0 bridgehead atoms. The highest BCUT2D eigenvalue weighted by Gasteiger charge is 2.14. The number of aryl methyl sites for hydroxylation is 1. The van der Waals surface area contributed by atoms with E-state index in [4.69, 9.17) is 16.7 Å². The summed E-state index contributed by atoms with van der Waals surface area (Å²) >= 11 is 7.21. The second-order valence-electron chi connectivity index (χ2n) is 4.08. The fourth-order valence-corrected chi connectivity index (χ4v) is 2.44. The minimum Gasteiger partial charge on any atom is -0.478 e. The van der Waals surface area contributed by atoms with Crippen LogP contribution in [-0.2, 0) is 11.2 Å². The van der Waals surface area contributed by atoms with Gasteiger partial charge in [-0.25, -0.2) is 9.78 Å². The smallest absolute Gasteiger partial charge is 0.337 e. The summed E-state index contributed by atoms with van der Waals surface area (Å²) in [5, 5.41) is 14.6. The highest BCUT2D eigenvalue weighted by atomic mass is 35.5. The molecule has 7 heteroatoms. The van der Waals surface area contributed by atoms with Crippen molar-refractivity contribution in [1.29, 1.82) is 0 Å². The van der Waals surface area contributed by atoms with Gasteiger partial charge in [0.15, 0.2) is 0 Å². The molecule has 0 aliphatic carbocycles. The Kier molecular flexibility index (Phi) is 4.36. The van der Waals surface area contributed by atoms with E-state index in [1.165, 1.54) is 29.5 Å². The highest BCUT2D eigenvalue weighted by molar-refractivity contribution is 7.09. The van der Waals surface area contributed by atoms with Gasteiger partial charge in [-0.15, -0.1) is 11.3 Å². The van der Waals surface area contributed by atoms with E-state index in [0.29, 0.717) is 10.7 Å². The summed E-state index contributed by atoms with van der Waals surface area (Å²) in [5.74, 6) is -1.47. The number of thiazole rings is 1. The van der Waals surface area contributed by atoms with Crippen molar-refractivity contribution in [2.24, 2.45) is 0 Å². The number of anilines is 1. The van der Waals surface area contributed by atoms with E-state index in [1.54, 1.807) is 5.38 Å². The van der Waals surface area contributed by atoms with E-state index in [0.717, 1.165) is 5.01 Å². The molecule has 104 valence electrons. The Morgan fingerprint density at radius 1 is 1.45 bits per heavy atom. The molecule has 0 spiro atoms. The number of carbonyl (C=O) groups excluding carboxylic acids is 1. The summed E-state index contributed by atoms with van der Waals surface area (Å²) in [4.78, 5) is 27.2. The molecule has 5 nitrogen and oxygen atoms in total. The maximum Gasteiger partial charge on any atom is 0.337 e. The number of carboxylic acid groups (broad SMARTS) is 1. The van der Waals surface area contributed by atoms with E-state index in [-0.39, 0.29) is 23.6 Å². The Labute approximate surface area is 124 Å². The van der Waals surface area contributed by atoms with Crippen LogP contribution in [0.15, 0.2) is 23.6 Å². The van der Waals surface area contributed by atoms with Crippen molar-refractivity contribution in [3.05, 3.63) is 44.9 Å². The lowest BCUT2D eigenvalue weighted by Gasteiger charge is -2.08. The van der Waals surface area contributed by atoms with Gasteiger partial charge in [-0.05, 0) is 25.1 Å². The van der Waals surface area contributed by atoms with Crippen LogP contribution in [0.25, 0.3) is 0 Å². The summed E-state index contributed by atoms with van der Waals surface area (Å²) in [7, 11) is 0. The normalized spacial score (nSPS) is 10.3. The Hall–Kier alpha value is -1.92. The number of aromatic carboxylic acids is 1. The van der Waals surface area contributed by atoms with Crippen molar-refractivity contribution in [1.82, 2.24) is 4.98 Å². The molecule has 0 fully saturated rings. The minimum atomic E-state index is -1.15. The van der Waals surface area contributed by atoms with Gasteiger partial charge >= 0.3 is 5.97 Å². The summed E-state index contributed by atoms with van der Waals surface area (Å²) < 4.78 is 0. The molecule has 1 aromatic heterocycles. The zero-order valence-electron chi connectivity index (χ0n) is 10.5. The number of nitrogens with zero attached hydrogens (tertiary/aromatic N) is 1. The first-order valence-corrected chi connectivity index (χ1v) is 6.95. The zero-order valence-corrected chi connectivity index (χ0v) is 12.1. The first-order valence-electron chi connectivity index (χ1n) is 5.69. The summed E-state index contributed by atoms with van der Waals surface area (Å²) in [6.07, 6.45) is 0.103. The standard InChI is InChI=1S/C13H11ClN2O3S/c1-7-15-9(6-20-7)5-12(17)16-11-3-2-8(14)4-10(11)13(18)19/h2-4,6H,5H2,1H3,(H,16,17)(H,18,19). The maximum atomic E-state index is 11.9. The molecule has 1 aromatic carbocycles. The van der Waals surface area contributed by atoms with Crippen LogP contribution in [0, 0.1) is 6.92 Å². The number of benzene rings is 1. The number of hydrogen-bond acceptors (Lipinski definition) is 4. The van der Waals surface area contributed by atoms with E-state index >= 15 is 0 Å². The lowest BCUT2D eigenvalue weighted by atomic mass is 10.1. The van der Waals surface area contributed by atoms with Gasteiger partial charge in [0, 0.05) is 10.4 Å². The number of amides is 1. The predicted molar refractivity (Wildman–Crippen MR) is 77.6 cm³/mol. The van der Waals surface area contributed by atoms with E-state index in [2.05, 4.69) is 10.3 Å². The van der Waals surface area contributed by atoms with Crippen molar-refractivity contribution >= 4 is 40.5 Å². The van der Waals surface area contributed by atoms with E-state index in [9.17, 15) is 9.59 Å². The molecule has 0 atom stereocenters. The SMILES string of the molecule is Cc1nc(CC(=O)Nc2ccc(Cl)cc2C(=O)O)cs1. The molecular formula is C13H11ClN2O3S. The second-order valence-corrected chi connectivity index (χ2v) is 5.58. The van der Waals surface area contributed by atoms with Gasteiger partial charge in [-0.1, -0.05) is 11.6 Å². The van der Waals surface area contributed by atoms with E-state index in [1.807, 2.05) is 6.92 Å². The Bertz CT molecular complexity index is 669. The molecule has 1 amide bonds. The number of rotatable bonds is 4. The molecule has 20 heavy (non-hydrogen) atoms. The van der Waals surface area contributed by atoms with Crippen LogP contribution in [0.4, 0.5) is 5.69 Å². The van der Waals surface area contributed by atoms with Crippen LogP contribution in [0.2, 0.25) is 5.02 Å². The molecule has 0 radical (unpaired) electrons. The molecule has 1 heterocycles. The monoisotopic (exact) mass is 310 g/mol. The molecule has 0 aliphatic heterocycles. The number of aromatic nitrogens is 1. The third kappa shape index (κ3) is 3.55. The Morgan fingerprint density at radius 3 is 2.80 bits per heavy atom. The number of carbonyl (C=O) groups is 2. The number of nitrogens with one attached hydrogen (secondary N) is 1. The van der Waals surface area contributed by atoms with Gasteiger partial charge < -0.3 is 10.4 Å². The lowest BCUT2D eigenvalue weighted by Crippen LogP contribution is -2.17. The molecule has 0 saturated heterocycles. The molecule has 0 saturated carbocycles. The van der Waals surface area contributed by atoms with E-state index < -0.39 is 5.97 Å². The van der Waals surface area contributed by atoms with Crippen LogP contribution < -0.4 is 5.32 Å². The fourth-order valence-electron chi connectivity index (χ4n) is 1.65. The highest BCUT2D eigenvalue weighted by Crippen LogP contribution is 2.21. The topological polar surface area (TPSA) is 79.3 Å². The van der Waals surface area contributed by atoms with Crippen molar-refractivity contribution in [3.63, 3.8) is 0 Å². The first-order chi connectivity index (χ1) is 9.45. The molecule has 0 unspecified atom stereocenters. The van der Waals surface area contributed by atoms with Crippen LogP contribution >= 0.6 is 22.9 Å². The predicted octanol–water partition coefficient (Wildman–Crippen LogP) is 2.98. The van der Waals surface area contributed by atoms with Gasteiger partial charge in [0.25, 0.3) is 0 Å². The van der Waals surface area contributed by atoms with Crippen molar-refractivity contribution < 1.29 is 14.7 Å². The van der Waals surface area contributed by atoms with Crippen molar-refractivity contribution in [3.8, 4) is 0 Å². The average molecular weight is 311 g/mol. The van der Waals surface area contributed by atoms with Crippen LogP contribution in [-0.4, -0.2) is 22.0 Å². The Morgan fingerprint density at radius 2 is 2.20 bits per heavy atom. The fraction of sp³-hybridized carbons (Fsp3) is 0.154. The summed E-state index contributed by atoms with van der Waals surface area (Å²) in [5.41, 5.74) is 0.843.